The van der Waals surface area contributed by atoms with Crippen LogP contribution in [0.4, 0.5) is 8.78 Å². The SMILES string of the molecule is CC(C)(C)n1c(CN)nnc1Cc1cccc(F)c1F. The monoisotopic (exact) mass is 280 g/mol. The Morgan fingerprint density at radius 1 is 1.15 bits per heavy atom. The molecule has 0 amide bonds. The van der Waals surface area contributed by atoms with Crippen molar-refractivity contribution in [2.45, 2.75) is 39.3 Å². The average Bonchev–Trinajstić information content (AvgIpc) is 2.78. The molecule has 6 heteroatoms. The lowest BCUT2D eigenvalue weighted by Crippen LogP contribution is -2.27. The molecule has 0 aliphatic rings. The van der Waals surface area contributed by atoms with E-state index in [4.69, 9.17) is 5.73 Å². The molecule has 4 nitrogen and oxygen atoms in total. The molecule has 0 aliphatic heterocycles. The minimum Gasteiger partial charge on any atom is -0.324 e. The normalized spacial score (nSPS) is 11.9. The van der Waals surface area contributed by atoms with Crippen LogP contribution in [0.1, 0.15) is 38.0 Å². The number of nitrogens with two attached hydrogens (primary N) is 1. The summed E-state index contributed by atoms with van der Waals surface area (Å²) in [4.78, 5) is 0. The second-order valence-corrected chi connectivity index (χ2v) is 5.63. The molecule has 0 saturated heterocycles. The molecule has 0 saturated carbocycles. The fourth-order valence-corrected chi connectivity index (χ4v) is 2.23. The number of hydrogen-bond acceptors (Lipinski definition) is 3. The first kappa shape index (κ1) is 14.6. The van der Waals surface area contributed by atoms with Gasteiger partial charge >= 0.3 is 0 Å². The van der Waals surface area contributed by atoms with E-state index in [9.17, 15) is 8.78 Å². The molecule has 1 heterocycles. The molecule has 20 heavy (non-hydrogen) atoms. The van der Waals surface area contributed by atoms with E-state index < -0.39 is 11.6 Å². The van der Waals surface area contributed by atoms with Crippen molar-refractivity contribution in [2.24, 2.45) is 5.73 Å². The van der Waals surface area contributed by atoms with Gasteiger partial charge in [-0.05, 0) is 32.4 Å². The molecule has 0 aliphatic carbocycles. The van der Waals surface area contributed by atoms with Gasteiger partial charge in [0, 0.05) is 12.0 Å². The Morgan fingerprint density at radius 3 is 2.40 bits per heavy atom. The minimum absolute atomic E-state index is 0.174. The average molecular weight is 280 g/mol. The lowest BCUT2D eigenvalue weighted by atomic mass is 10.1. The van der Waals surface area contributed by atoms with Crippen molar-refractivity contribution in [1.82, 2.24) is 14.8 Å². The van der Waals surface area contributed by atoms with Gasteiger partial charge in [-0.2, -0.15) is 0 Å². The van der Waals surface area contributed by atoms with Crippen LogP contribution in [-0.2, 0) is 18.5 Å². The highest BCUT2D eigenvalue weighted by Crippen LogP contribution is 2.22. The van der Waals surface area contributed by atoms with Gasteiger partial charge in [0.2, 0.25) is 0 Å². The molecule has 1 aromatic heterocycles. The van der Waals surface area contributed by atoms with Gasteiger partial charge in [-0.15, -0.1) is 10.2 Å². The maximum Gasteiger partial charge on any atom is 0.162 e. The first-order valence-electron chi connectivity index (χ1n) is 6.41. The van der Waals surface area contributed by atoms with Crippen LogP contribution in [0.3, 0.4) is 0 Å². The van der Waals surface area contributed by atoms with Crippen LogP contribution < -0.4 is 5.73 Å². The Morgan fingerprint density at radius 2 is 1.80 bits per heavy atom. The summed E-state index contributed by atoms with van der Waals surface area (Å²) in [5, 5.41) is 8.08. The van der Waals surface area contributed by atoms with Gasteiger partial charge in [0.1, 0.15) is 11.6 Å². The Labute approximate surface area is 116 Å². The van der Waals surface area contributed by atoms with E-state index in [0.717, 1.165) is 6.07 Å². The molecule has 1 aromatic carbocycles. The number of aromatic nitrogens is 3. The van der Waals surface area contributed by atoms with Crippen molar-refractivity contribution in [3.05, 3.63) is 47.0 Å². The maximum atomic E-state index is 13.7. The first-order chi connectivity index (χ1) is 9.34. The van der Waals surface area contributed by atoms with Crippen molar-refractivity contribution >= 4 is 0 Å². The largest absolute Gasteiger partial charge is 0.324 e. The van der Waals surface area contributed by atoms with Crippen LogP contribution in [0, 0.1) is 11.6 Å². The van der Waals surface area contributed by atoms with Crippen molar-refractivity contribution in [1.29, 1.82) is 0 Å². The van der Waals surface area contributed by atoms with Gasteiger partial charge in [-0.25, -0.2) is 8.78 Å². The highest BCUT2D eigenvalue weighted by Gasteiger charge is 2.23. The van der Waals surface area contributed by atoms with E-state index in [0.29, 0.717) is 11.6 Å². The van der Waals surface area contributed by atoms with Crippen LogP contribution in [-0.4, -0.2) is 14.8 Å². The second kappa shape index (κ2) is 5.28. The zero-order valence-corrected chi connectivity index (χ0v) is 11.8. The second-order valence-electron chi connectivity index (χ2n) is 5.63. The van der Waals surface area contributed by atoms with Crippen LogP contribution in [0.15, 0.2) is 18.2 Å². The van der Waals surface area contributed by atoms with Crippen molar-refractivity contribution in [3.8, 4) is 0 Å². The smallest absolute Gasteiger partial charge is 0.162 e. The summed E-state index contributed by atoms with van der Waals surface area (Å²) in [7, 11) is 0. The summed E-state index contributed by atoms with van der Waals surface area (Å²) in [6.45, 7) is 6.21. The lowest BCUT2D eigenvalue weighted by Gasteiger charge is -2.24. The summed E-state index contributed by atoms with van der Waals surface area (Å²) in [5.74, 6) is -0.500. The van der Waals surface area contributed by atoms with Crippen LogP contribution in [0.2, 0.25) is 0 Å². The predicted octanol–water partition coefficient (Wildman–Crippen LogP) is 2.36. The zero-order chi connectivity index (χ0) is 14.9. The summed E-state index contributed by atoms with van der Waals surface area (Å²) in [6.07, 6.45) is 0.174. The molecule has 108 valence electrons. The molecule has 2 aromatic rings. The first-order valence-corrected chi connectivity index (χ1v) is 6.41. The highest BCUT2D eigenvalue weighted by atomic mass is 19.2. The van der Waals surface area contributed by atoms with Gasteiger partial charge in [-0.1, -0.05) is 12.1 Å². The van der Waals surface area contributed by atoms with Gasteiger partial charge in [0.25, 0.3) is 0 Å². The molecule has 0 radical (unpaired) electrons. The standard InChI is InChI=1S/C14H18F2N4/c1-14(2,3)20-11(18-19-12(20)8-17)7-9-5-4-6-10(15)13(9)16/h4-6H,7-8,17H2,1-3H3. The third-order valence-electron chi connectivity index (χ3n) is 3.03. The number of rotatable bonds is 3. The van der Waals surface area contributed by atoms with Crippen LogP contribution in [0.5, 0.6) is 0 Å². The fraction of sp³-hybridized carbons (Fsp3) is 0.429. The lowest BCUT2D eigenvalue weighted by molar-refractivity contribution is 0.370. The highest BCUT2D eigenvalue weighted by molar-refractivity contribution is 5.23. The third-order valence-corrected chi connectivity index (χ3v) is 3.03. The number of nitrogens with zero attached hydrogens (tertiary/aromatic N) is 3. The molecular weight excluding hydrogens is 262 g/mol. The zero-order valence-electron chi connectivity index (χ0n) is 11.8. The van der Waals surface area contributed by atoms with Crippen molar-refractivity contribution in [2.75, 3.05) is 0 Å². The predicted molar refractivity (Wildman–Crippen MR) is 72.1 cm³/mol. The number of halogens is 2. The summed E-state index contributed by atoms with van der Waals surface area (Å²) in [6, 6.07) is 4.12. The van der Waals surface area contributed by atoms with E-state index in [1.165, 1.54) is 6.07 Å². The number of hydrogen-bond donors (Lipinski definition) is 1. The van der Waals surface area contributed by atoms with Crippen LogP contribution >= 0.6 is 0 Å². The Kier molecular flexibility index (Phi) is 3.85. The molecular formula is C14H18F2N4. The van der Waals surface area contributed by atoms with Gasteiger partial charge < -0.3 is 10.3 Å². The maximum absolute atomic E-state index is 13.7. The Hall–Kier alpha value is -1.82. The van der Waals surface area contributed by atoms with E-state index >= 15 is 0 Å². The van der Waals surface area contributed by atoms with Gasteiger partial charge in [-0.3, -0.25) is 0 Å². The molecule has 0 spiro atoms. The summed E-state index contributed by atoms with van der Waals surface area (Å²) >= 11 is 0. The fourth-order valence-electron chi connectivity index (χ4n) is 2.23. The van der Waals surface area contributed by atoms with E-state index in [-0.39, 0.29) is 24.1 Å². The van der Waals surface area contributed by atoms with E-state index in [1.54, 1.807) is 6.07 Å². The molecule has 0 atom stereocenters. The third kappa shape index (κ3) is 2.70. The van der Waals surface area contributed by atoms with Crippen LogP contribution in [0.25, 0.3) is 0 Å². The Bertz CT molecular complexity index is 614. The quantitative estimate of drug-likeness (QED) is 0.939. The van der Waals surface area contributed by atoms with E-state index in [1.807, 2.05) is 25.3 Å². The van der Waals surface area contributed by atoms with Crippen molar-refractivity contribution in [3.63, 3.8) is 0 Å². The summed E-state index contributed by atoms with van der Waals surface area (Å²) in [5.41, 5.74) is 5.63. The number of benzene rings is 1. The molecule has 2 rings (SSSR count). The van der Waals surface area contributed by atoms with Gasteiger partial charge in [0.15, 0.2) is 11.6 Å². The van der Waals surface area contributed by atoms with E-state index in [2.05, 4.69) is 10.2 Å². The molecule has 0 fully saturated rings. The molecule has 0 bridgehead atoms. The minimum atomic E-state index is -0.858. The van der Waals surface area contributed by atoms with Gasteiger partial charge in [0.05, 0.1) is 6.54 Å². The van der Waals surface area contributed by atoms with Crippen molar-refractivity contribution < 1.29 is 8.78 Å². The Balaban J connectivity index is 2.44. The topological polar surface area (TPSA) is 56.7 Å². The molecule has 2 N–H and O–H groups in total. The molecule has 0 unspecified atom stereocenters. The summed E-state index contributed by atoms with van der Waals surface area (Å²) < 4.78 is 28.9.